The van der Waals surface area contributed by atoms with Gasteiger partial charge in [0.05, 0.1) is 5.52 Å². The first kappa shape index (κ1) is 17.1. The molecule has 3 N–H and O–H groups in total. The number of hydrogen-bond acceptors (Lipinski definition) is 7. The Morgan fingerprint density at radius 3 is 2.76 bits per heavy atom. The van der Waals surface area contributed by atoms with E-state index in [1.165, 1.54) is 0 Å². The topological polar surface area (TPSA) is 112 Å². The molecule has 3 aromatic rings. The molecule has 9 nitrogen and oxygen atoms in total. The molecule has 0 unspecified atom stereocenters. The Morgan fingerprint density at radius 1 is 1.20 bits per heavy atom. The fourth-order valence-electron chi connectivity index (χ4n) is 2.82. The van der Waals surface area contributed by atoms with Crippen LogP contribution in [0.5, 0.6) is 0 Å². The van der Waals surface area contributed by atoms with Crippen LogP contribution in [-0.2, 0) is 0 Å². The third kappa shape index (κ3) is 3.52. The number of hydrogen-bond donors (Lipinski definition) is 3. The summed E-state index contributed by atoms with van der Waals surface area (Å²) in [4.78, 5) is 19.2. The van der Waals surface area contributed by atoms with Crippen LogP contribution in [0.2, 0.25) is 0 Å². The normalized spacial score (nSPS) is 14.2. The Kier molecular flexibility index (Phi) is 5.05. The van der Waals surface area contributed by atoms with Gasteiger partial charge in [0.25, 0.3) is 11.9 Å². The summed E-state index contributed by atoms with van der Waals surface area (Å²) in [5.74, 6) is -0.239. The largest absolute Gasteiger partial charge is 0.368 e. The summed E-state index contributed by atoms with van der Waals surface area (Å²) in [5, 5.41) is 20.1. The highest BCUT2D eigenvalue weighted by molar-refractivity contribution is 6.05. The van der Waals surface area contributed by atoms with Gasteiger partial charge in [-0.05, 0) is 17.3 Å². The number of fused-ring (bicyclic) bond motifs is 1. The van der Waals surface area contributed by atoms with Gasteiger partial charge in [0.2, 0.25) is 0 Å². The lowest BCUT2D eigenvalue weighted by atomic mass is 10.1. The zero-order chi connectivity index (χ0) is 16.4. The summed E-state index contributed by atoms with van der Waals surface area (Å²) >= 11 is 0. The number of nitrogens with one attached hydrogen (secondary N) is 3. The van der Waals surface area contributed by atoms with Crippen LogP contribution >= 0.6 is 12.4 Å². The maximum atomic E-state index is 12.5. The number of halogens is 1. The SMILES string of the molecule is Cl.O=C(Nc1nn[nH]n1)c1cc(N2CCNCC2)c2ccccc2n1. The van der Waals surface area contributed by atoms with Crippen molar-refractivity contribution < 1.29 is 4.79 Å². The van der Waals surface area contributed by atoms with Gasteiger partial charge in [-0.25, -0.2) is 4.98 Å². The third-order valence-corrected chi connectivity index (χ3v) is 3.96. The molecule has 1 amide bonds. The van der Waals surface area contributed by atoms with Gasteiger partial charge in [-0.1, -0.05) is 23.3 Å². The molecule has 2 aromatic heterocycles. The molecule has 25 heavy (non-hydrogen) atoms. The highest BCUT2D eigenvalue weighted by atomic mass is 35.5. The minimum atomic E-state index is -0.362. The lowest BCUT2D eigenvalue weighted by Crippen LogP contribution is -2.43. The first-order valence-electron chi connectivity index (χ1n) is 7.71. The monoisotopic (exact) mass is 360 g/mol. The molecule has 3 heterocycles. The Morgan fingerprint density at radius 2 is 2.00 bits per heavy atom. The van der Waals surface area contributed by atoms with Crippen LogP contribution in [0.4, 0.5) is 11.6 Å². The number of nitrogens with zero attached hydrogens (tertiary/aromatic N) is 5. The van der Waals surface area contributed by atoms with Gasteiger partial charge in [0, 0.05) is 37.3 Å². The molecule has 1 fully saturated rings. The van der Waals surface area contributed by atoms with Crippen LogP contribution in [0.1, 0.15) is 10.5 Å². The van der Waals surface area contributed by atoms with E-state index in [9.17, 15) is 4.79 Å². The van der Waals surface area contributed by atoms with Crippen molar-refractivity contribution in [1.29, 1.82) is 0 Å². The first-order valence-corrected chi connectivity index (χ1v) is 7.71. The predicted molar refractivity (Wildman–Crippen MR) is 96.2 cm³/mol. The van der Waals surface area contributed by atoms with Crippen molar-refractivity contribution in [3.63, 3.8) is 0 Å². The molecule has 0 atom stereocenters. The lowest BCUT2D eigenvalue weighted by molar-refractivity contribution is 0.102. The average Bonchev–Trinajstić information content (AvgIpc) is 3.14. The van der Waals surface area contributed by atoms with E-state index in [2.05, 4.69) is 41.1 Å². The van der Waals surface area contributed by atoms with Crippen molar-refractivity contribution in [2.45, 2.75) is 0 Å². The number of tetrazole rings is 1. The number of benzene rings is 1. The van der Waals surface area contributed by atoms with E-state index in [1.807, 2.05) is 30.3 Å². The van der Waals surface area contributed by atoms with Gasteiger partial charge in [0.15, 0.2) is 0 Å². The van der Waals surface area contributed by atoms with E-state index in [0.717, 1.165) is 42.8 Å². The van der Waals surface area contributed by atoms with Crippen LogP contribution in [0.15, 0.2) is 30.3 Å². The molecule has 10 heteroatoms. The second-order valence-electron chi connectivity index (χ2n) is 5.47. The summed E-state index contributed by atoms with van der Waals surface area (Å²) in [6.07, 6.45) is 0. The van der Waals surface area contributed by atoms with Crippen molar-refractivity contribution in [2.24, 2.45) is 0 Å². The maximum absolute atomic E-state index is 12.5. The Bertz CT molecular complexity index is 863. The minimum absolute atomic E-state index is 0. The molecule has 1 aliphatic rings. The van der Waals surface area contributed by atoms with Crippen LogP contribution in [-0.4, -0.2) is 57.7 Å². The third-order valence-electron chi connectivity index (χ3n) is 3.96. The highest BCUT2D eigenvalue weighted by Gasteiger charge is 2.18. The summed E-state index contributed by atoms with van der Waals surface area (Å²) < 4.78 is 0. The molecule has 1 saturated heterocycles. The number of carbonyl (C=O) groups is 1. The summed E-state index contributed by atoms with van der Waals surface area (Å²) in [7, 11) is 0. The number of aromatic amines is 1. The van der Waals surface area contributed by atoms with Crippen molar-refractivity contribution in [2.75, 3.05) is 36.4 Å². The maximum Gasteiger partial charge on any atom is 0.276 e. The molecule has 0 aliphatic carbocycles. The standard InChI is InChI=1S/C15H16N8O.ClH/c24-14(18-15-19-21-22-20-15)12-9-13(23-7-5-16-6-8-23)10-3-1-2-4-11(10)17-12;/h1-4,9,16H,5-8H2,(H2,18,19,20,21,22,24);1H. The van der Waals surface area contributed by atoms with Crippen molar-refractivity contribution in [1.82, 2.24) is 30.9 Å². The Labute approximate surface area is 149 Å². The first-order chi connectivity index (χ1) is 11.8. The van der Waals surface area contributed by atoms with Gasteiger partial charge in [-0.2, -0.15) is 5.21 Å². The number of aromatic nitrogens is 5. The minimum Gasteiger partial charge on any atom is -0.368 e. The van der Waals surface area contributed by atoms with Gasteiger partial charge in [0.1, 0.15) is 5.69 Å². The lowest BCUT2D eigenvalue weighted by Gasteiger charge is -2.30. The van der Waals surface area contributed by atoms with Crippen molar-refractivity contribution >= 4 is 40.9 Å². The number of carbonyl (C=O) groups excluding carboxylic acids is 1. The van der Waals surface area contributed by atoms with Gasteiger partial charge < -0.3 is 10.2 Å². The number of pyridine rings is 1. The van der Waals surface area contributed by atoms with E-state index in [0.29, 0.717) is 5.69 Å². The van der Waals surface area contributed by atoms with E-state index in [1.54, 1.807) is 0 Å². The molecule has 130 valence electrons. The van der Waals surface area contributed by atoms with Crippen LogP contribution < -0.4 is 15.5 Å². The Hall–Kier alpha value is -2.78. The van der Waals surface area contributed by atoms with E-state index in [4.69, 9.17) is 0 Å². The predicted octanol–water partition coefficient (Wildman–Crippen LogP) is 0.832. The zero-order valence-corrected chi connectivity index (χ0v) is 14.1. The number of para-hydroxylation sites is 1. The number of piperazine rings is 1. The molecule has 1 aliphatic heterocycles. The number of rotatable bonds is 3. The molecule has 0 bridgehead atoms. The van der Waals surface area contributed by atoms with Gasteiger partial charge in [-0.15, -0.1) is 17.5 Å². The molecule has 0 spiro atoms. The van der Waals surface area contributed by atoms with Crippen molar-refractivity contribution in [3.8, 4) is 0 Å². The smallest absolute Gasteiger partial charge is 0.276 e. The highest BCUT2D eigenvalue weighted by Crippen LogP contribution is 2.27. The van der Waals surface area contributed by atoms with Gasteiger partial charge in [-0.3, -0.25) is 10.1 Å². The average molecular weight is 361 g/mol. The number of amides is 1. The van der Waals surface area contributed by atoms with Gasteiger partial charge >= 0.3 is 0 Å². The van der Waals surface area contributed by atoms with Crippen LogP contribution in [0.25, 0.3) is 10.9 Å². The van der Waals surface area contributed by atoms with Crippen molar-refractivity contribution in [3.05, 3.63) is 36.0 Å². The zero-order valence-electron chi connectivity index (χ0n) is 13.3. The summed E-state index contributed by atoms with van der Waals surface area (Å²) in [5.41, 5.74) is 2.12. The summed E-state index contributed by atoms with van der Waals surface area (Å²) in [6, 6.07) is 9.66. The van der Waals surface area contributed by atoms with E-state index in [-0.39, 0.29) is 24.3 Å². The number of anilines is 2. The number of H-pyrrole nitrogens is 1. The molecule has 0 saturated carbocycles. The fraction of sp³-hybridized carbons (Fsp3) is 0.267. The molecule has 4 rings (SSSR count). The Balaban J connectivity index is 0.00000182. The molecular formula is C15H17ClN8O. The van der Waals surface area contributed by atoms with E-state index >= 15 is 0 Å². The van der Waals surface area contributed by atoms with Crippen LogP contribution in [0.3, 0.4) is 0 Å². The molecule has 1 aromatic carbocycles. The fourth-order valence-corrected chi connectivity index (χ4v) is 2.82. The molecular weight excluding hydrogens is 344 g/mol. The van der Waals surface area contributed by atoms with Crippen LogP contribution in [0, 0.1) is 0 Å². The summed E-state index contributed by atoms with van der Waals surface area (Å²) in [6.45, 7) is 3.61. The second-order valence-corrected chi connectivity index (χ2v) is 5.47. The second kappa shape index (κ2) is 7.41. The quantitative estimate of drug-likeness (QED) is 0.634. The van der Waals surface area contributed by atoms with E-state index < -0.39 is 0 Å². The molecule has 0 radical (unpaired) electrons.